The molecule has 152 valence electrons. The second-order valence-electron chi connectivity index (χ2n) is 6.47. The van der Waals surface area contributed by atoms with Gasteiger partial charge in [-0.25, -0.2) is 9.67 Å². The molecular formula is C20H17ClN6O3. The number of fused-ring (bicyclic) bond motifs is 1. The van der Waals surface area contributed by atoms with E-state index in [1.54, 1.807) is 36.4 Å². The highest BCUT2D eigenvalue weighted by Gasteiger charge is 2.15. The molecule has 0 saturated heterocycles. The smallest absolute Gasteiger partial charge is 0.283 e. The lowest BCUT2D eigenvalue weighted by Gasteiger charge is -2.10. The highest BCUT2D eigenvalue weighted by molar-refractivity contribution is 6.30. The summed E-state index contributed by atoms with van der Waals surface area (Å²) in [6.45, 7) is 0.169. The number of aromatic nitrogens is 5. The molecule has 0 aliphatic carbocycles. The fourth-order valence-corrected chi connectivity index (χ4v) is 3.09. The van der Waals surface area contributed by atoms with E-state index < -0.39 is 11.5 Å². The minimum Gasteiger partial charge on any atom is -0.495 e. The van der Waals surface area contributed by atoms with Gasteiger partial charge < -0.3 is 10.1 Å². The molecule has 0 spiro atoms. The molecule has 0 unspecified atom stereocenters. The van der Waals surface area contributed by atoms with Gasteiger partial charge in [0, 0.05) is 5.02 Å². The SMILES string of the molecule is COc1ccccc1NC(=O)Cn1cnc2c(nnn2Cc2ccc(Cl)cc2)c1=O. The molecule has 30 heavy (non-hydrogen) atoms. The Hall–Kier alpha value is -3.72. The maximum absolute atomic E-state index is 12.7. The fourth-order valence-electron chi connectivity index (χ4n) is 2.96. The van der Waals surface area contributed by atoms with Gasteiger partial charge in [-0.2, -0.15) is 0 Å². The topological polar surface area (TPSA) is 104 Å². The zero-order valence-corrected chi connectivity index (χ0v) is 16.7. The van der Waals surface area contributed by atoms with Crippen LogP contribution in [0.1, 0.15) is 5.56 Å². The van der Waals surface area contributed by atoms with Crippen molar-refractivity contribution in [3.63, 3.8) is 0 Å². The maximum Gasteiger partial charge on any atom is 0.283 e. The van der Waals surface area contributed by atoms with E-state index in [9.17, 15) is 9.59 Å². The molecule has 0 radical (unpaired) electrons. The van der Waals surface area contributed by atoms with Crippen LogP contribution in [0.3, 0.4) is 0 Å². The molecule has 0 bridgehead atoms. The summed E-state index contributed by atoms with van der Waals surface area (Å²) in [4.78, 5) is 29.4. The average molecular weight is 425 g/mol. The van der Waals surface area contributed by atoms with Crippen LogP contribution in [-0.4, -0.2) is 37.6 Å². The lowest BCUT2D eigenvalue weighted by molar-refractivity contribution is -0.116. The van der Waals surface area contributed by atoms with E-state index in [-0.39, 0.29) is 12.1 Å². The standard InChI is InChI=1S/C20H17ClN6O3/c1-30-16-5-3-2-4-15(16)23-17(28)11-26-12-22-19-18(20(26)29)24-25-27(19)10-13-6-8-14(21)9-7-13/h2-9,12H,10-11H2,1H3,(H,23,28). The van der Waals surface area contributed by atoms with Gasteiger partial charge in [0.05, 0.1) is 19.3 Å². The molecule has 4 aromatic rings. The molecule has 2 aromatic carbocycles. The lowest BCUT2D eigenvalue weighted by atomic mass is 10.2. The van der Waals surface area contributed by atoms with Crippen molar-refractivity contribution < 1.29 is 9.53 Å². The molecule has 1 N–H and O–H groups in total. The number of ether oxygens (including phenoxy) is 1. The van der Waals surface area contributed by atoms with Crippen LogP contribution in [0.15, 0.2) is 59.7 Å². The van der Waals surface area contributed by atoms with Crippen LogP contribution in [0.2, 0.25) is 5.02 Å². The summed E-state index contributed by atoms with van der Waals surface area (Å²) in [6, 6.07) is 14.3. The number of carbonyl (C=O) groups excluding carboxylic acids is 1. The summed E-state index contributed by atoms with van der Waals surface area (Å²) < 4.78 is 7.93. The molecule has 0 fully saturated rings. The van der Waals surface area contributed by atoms with Crippen LogP contribution in [0, 0.1) is 0 Å². The van der Waals surface area contributed by atoms with Crippen LogP contribution in [-0.2, 0) is 17.9 Å². The first-order valence-corrected chi connectivity index (χ1v) is 9.39. The first-order chi connectivity index (χ1) is 14.5. The van der Waals surface area contributed by atoms with Gasteiger partial charge in [0.25, 0.3) is 5.56 Å². The van der Waals surface area contributed by atoms with Gasteiger partial charge in [0.1, 0.15) is 18.6 Å². The Morgan fingerprint density at radius 1 is 1.17 bits per heavy atom. The van der Waals surface area contributed by atoms with Gasteiger partial charge in [0.15, 0.2) is 11.2 Å². The Bertz CT molecular complexity index is 1270. The predicted molar refractivity (Wildman–Crippen MR) is 112 cm³/mol. The third-order valence-electron chi connectivity index (χ3n) is 4.43. The zero-order valence-electron chi connectivity index (χ0n) is 15.9. The summed E-state index contributed by atoms with van der Waals surface area (Å²) >= 11 is 5.91. The van der Waals surface area contributed by atoms with Crippen molar-refractivity contribution in [1.29, 1.82) is 0 Å². The number of hydrogen-bond donors (Lipinski definition) is 1. The Morgan fingerprint density at radius 3 is 2.70 bits per heavy atom. The normalized spacial score (nSPS) is 10.9. The molecular weight excluding hydrogens is 408 g/mol. The van der Waals surface area contributed by atoms with E-state index in [0.29, 0.717) is 28.7 Å². The first-order valence-electron chi connectivity index (χ1n) is 9.01. The number of nitrogens with zero attached hydrogens (tertiary/aromatic N) is 5. The quantitative estimate of drug-likeness (QED) is 0.509. The van der Waals surface area contributed by atoms with Crippen molar-refractivity contribution in [1.82, 2.24) is 24.5 Å². The molecule has 0 atom stereocenters. The third kappa shape index (κ3) is 4.01. The Morgan fingerprint density at radius 2 is 1.93 bits per heavy atom. The Labute approximate surface area is 175 Å². The molecule has 4 rings (SSSR count). The average Bonchev–Trinajstić information content (AvgIpc) is 3.15. The Balaban J connectivity index is 1.54. The van der Waals surface area contributed by atoms with E-state index in [4.69, 9.17) is 16.3 Å². The molecule has 2 aromatic heterocycles. The van der Waals surface area contributed by atoms with Crippen LogP contribution < -0.4 is 15.6 Å². The van der Waals surface area contributed by atoms with Crippen LogP contribution in [0.25, 0.3) is 11.2 Å². The first kappa shape index (κ1) is 19.6. The van der Waals surface area contributed by atoms with E-state index in [1.807, 2.05) is 12.1 Å². The number of benzene rings is 2. The number of nitrogens with one attached hydrogen (secondary N) is 1. The number of rotatable bonds is 6. The van der Waals surface area contributed by atoms with Gasteiger partial charge >= 0.3 is 0 Å². The lowest BCUT2D eigenvalue weighted by Crippen LogP contribution is -2.28. The van der Waals surface area contributed by atoms with E-state index in [1.165, 1.54) is 22.7 Å². The summed E-state index contributed by atoms with van der Waals surface area (Å²) in [5.74, 6) is 0.133. The number of hydrogen-bond acceptors (Lipinski definition) is 6. The van der Waals surface area contributed by atoms with E-state index in [0.717, 1.165) is 5.56 Å². The number of halogens is 1. The van der Waals surface area contributed by atoms with Gasteiger partial charge in [-0.15, -0.1) is 5.10 Å². The monoisotopic (exact) mass is 424 g/mol. The molecule has 0 aliphatic heterocycles. The molecule has 1 amide bonds. The summed E-state index contributed by atoms with van der Waals surface area (Å²) in [7, 11) is 1.51. The van der Waals surface area contributed by atoms with Crippen molar-refractivity contribution >= 4 is 34.4 Å². The molecule has 2 heterocycles. The second-order valence-corrected chi connectivity index (χ2v) is 6.91. The van der Waals surface area contributed by atoms with Crippen molar-refractivity contribution in [2.24, 2.45) is 0 Å². The van der Waals surface area contributed by atoms with Crippen LogP contribution in [0.5, 0.6) is 5.75 Å². The number of amides is 1. The minimum absolute atomic E-state index is 0.0940. The minimum atomic E-state index is -0.447. The zero-order chi connectivity index (χ0) is 21.1. The summed E-state index contributed by atoms with van der Waals surface area (Å²) in [6.07, 6.45) is 1.31. The number of para-hydroxylation sites is 2. The summed E-state index contributed by atoms with van der Waals surface area (Å²) in [5.41, 5.74) is 1.44. The van der Waals surface area contributed by atoms with Gasteiger partial charge in [-0.05, 0) is 29.8 Å². The van der Waals surface area contributed by atoms with E-state index in [2.05, 4.69) is 20.6 Å². The van der Waals surface area contributed by atoms with Gasteiger partial charge in [-0.3, -0.25) is 14.2 Å². The number of anilines is 1. The molecule has 0 aliphatic rings. The van der Waals surface area contributed by atoms with Gasteiger partial charge in [-0.1, -0.05) is 41.1 Å². The highest BCUT2D eigenvalue weighted by Crippen LogP contribution is 2.22. The molecule has 9 nitrogen and oxygen atoms in total. The molecule has 10 heteroatoms. The maximum atomic E-state index is 12.7. The van der Waals surface area contributed by atoms with E-state index >= 15 is 0 Å². The third-order valence-corrected chi connectivity index (χ3v) is 4.68. The van der Waals surface area contributed by atoms with Crippen molar-refractivity contribution in [2.45, 2.75) is 13.1 Å². The predicted octanol–water partition coefficient (Wildman–Crippen LogP) is 2.34. The van der Waals surface area contributed by atoms with Crippen molar-refractivity contribution in [3.05, 3.63) is 75.8 Å². The fraction of sp³-hybridized carbons (Fsp3) is 0.150. The Kier molecular flexibility index (Phi) is 5.44. The van der Waals surface area contributed by atoms with Gasteiger partial charge in [0.2, 0.25) is 5.91 Å². The molecule has 0 saturated carbocycles. The highest BCUT2D eigenvalue weighted by atomic mass is 35.5. The number of methoxy groups -OCH3 is 1. The summed E-state index contributed by atoms with van der Waals surface area (Å²) in [5, 5.41) is 11.3. The van der Waals surface area contributed by atoms with Crippen molar-refractivity contribution in [3.8, 4) is 5.75 Å². The van der Waals surface area contributed by atoms with Crippen LogP contribution >= 0.6 is 11.6 Å². The van der Waals surface area contributed by atoms with Crippen LogP contribution in [0.4, 0.5) is 5.69 Å². The number of carbonyl (C=O) groups is 1. The second kappa shape index (κ2) is 8.34. The largest absolute Gasteiger partial charge is 0.495 e. The van der Waals surface area contributed by atoms with Crippen molar-refractivity contribution in [2.75, 3.05) is 12.4 Å².